The normalized spacial score (nSPS) is 21.3. The summed E-state index contributed by atoms with van der Waals surface area (Å²) in [5.74, 6) is 0. The lowest BCUT2D eigenvalue weighted by molar-refractivity contribution is 0.373. The van der Waals surface area contributed by atoms with E-state index in [1.807, 2.05) is 0 Å². The fourth-order valence-corrected chi connectivity index (χ4v) is 0.780. The van der Waals surface area contributed by atoms with Gasteiger partial charge in [-0.2, -0.15) is 0 Å². The lowest BCUT2D eigenvalue weighted by atomic mass is 10.6. The van der Waals surface area contributed by atoms with E-state index in [-0.39, 0.29) is 0 Å². The first-order valence-corrected chi connectivity index (χ1v) is 2.81. The van der Waals surface area contributed by atoms with E-state index in [1.165, 1.54) is 6.54 Å². The van der Waals surface area contributed by atoms with E-state index < -0.39 is 0 Å². The monoisotopic (exact) mass is 97.1 g/mol. The Labute approximate surface area is 44.6 Å². The van der Waals surface area contributed by atoms with Gasteiger partial charge in [-0.05, 0) is 6.54 Å². The van der Waals surface area contributed by atoms with E-state index >= 15 is 0 Å². The van der Waals surface area contributed by atoms with Crippen molar-refractivity contribution in [3.63, 3.8) is 0 Å². The molecule has 0 amide bonds. The molecule has 1 heteroatoms. The van der Waals surface area contributed by atoms with Crippen LogP contribution in [0.25, 0.3) is 0 Å². The number of rotatable bonds is 1. The van der Waals surface area contributed by atoms with Crippen LogP contribution < -0.4 is 0 Å². The summed E-state index contributed by atoms with van der Waals surface area (Å²) in [6, 6.07) is 0. The highest BCUT2D eigenvalue weighted by atomic mass is 15.1. The molecule has 0 aliphatic carbocycles. The molecule has 0 bridgehead atoms. The van der Waals surface area contributed by atoms with Crippen LogP contribution in [-0.4, -0.2) is 24.5 Å². The van der Waals surface area contributed by atoms with Gasteiger partial charge in [0.2, 0.25) is 0 Å². The van der Waals surface area contributed by atoms with Crippen molar-refractivity contribution in [2.45, 2.75) is 6.92 Å². The maximum atomic E-state index is 2.38. The van der Waals surface area contributed by atoms with Crippen LogP contribution in [0.1, 0.15) is 6.92 Å². The Morgan fingerprint density at radius 2 is 2.00 bits per heavy atom. The van der Waals surface area contributed by atoms with Crippen molar-refractivity contribution < 1.29 is 0 Å². The minimum atomic E-state index is 1.16. The summed E-state index contributed by atoms with van der Waals surface area (Å²) >= 11 is 0. The van der Waals surface area contributed by atoms with Gasteiger partial charge in [-0.25, -0.2) is 0 Å². The molecular formula is C6H11N. The summed E-state index contributed by atoms with van der Waals surface area (Å²) < 4.78 is 0. The van der Waals surface area contributed by atoms with Gasteiger partial charge in [-0.1, -0.05) is 19.1 Å². The molecule has 0 saturated heterocycles. The third-order valence-corrected chi connectivity index (χ3v) is 1.34. The fourth-order valence-electron chi connectivity index (χ4n) is 0.780. The van der Waals surface area contributed by atoms with Gasteiger partial charge in [0.15, 0.2) is 0 Å². The van der Waals surface area contributed by atoms with Gasteiger partial charge in [0.05, 0.1) is 0 Å². The van der Waals surface area contributed by atoms with E-state index in [2.05, 4.69) is 24.0 Å². The smallest absolute Gasteiger partial charge is 0.0166 e. The molecule has 0 atom stereocenters. The van der Waals surface area contributed by atoms with E-state index in [4.69, 9.17) is 0 Å². The molecule has 0 fully saturated rings. The third kappa shape index (κ3) is 1.03. The molecule has 1 aliphatic rings. The Balaban J connectivity index is 2.22. The number of nitrogens with zero attached hydrogens (tertiary/aromatic N) is 1. The second-order valence-electron chi connectivity index (χ2n) is 1.82. The first kappa shape index (κ1) is 4.85. The SMILES string of the molecule is CCN1CC=CC1. The van der Waals surface area contributed by atoms with Crippen LogP contribution in [0.2, 0.25) is 0 Å². The van der Waals surface area contributed by atoms with Gasteiger partial charge >= 0.3 is 0 Å². The second kappa shape index (κ2) is 2.12. The molecule has 0 aromatic rings. The van der Waals surface area contributed by atoms with Crippen molar-refractivity contribution in [2.75, 3.05) is 19.6 Å². The summed E-state index contributed by atoms with van der Waals surface area (Å²) in [7, 11) is 0. The molecule has 1 aliphatic heterocycles. The molecule has 40 valence electrons. The van der Waals surface area contributed by atoms with Crippen molar-refractivity contribution in [1.82, 2.24) is 4.90 Å². The first-order valence-electron chi connectivity index (χ1n) is 2.81. The lowest BCUT2D eigenvalue weighted by Gasteiger charge is -2.08. The highest BCUT2D eigenvalue weighted by Crippen LogP contribution is 1.95. The maximum absolute atomic E-state index is 2.38. The van der Waals surface area contributed by atoms with Crippen molar-refractivity contribution in [3.8, 4) is 0 Å². The highest BCUT2D eigenvalue weighted by molar-refractivity contribution is 4.94. The predicted molar refractivity (Wildman–Crippen MR) is 31.3 cm³/mol. The summed E-state index contributed by atoms with van der Waals surface area (Å²) in [5, 5.41) is 0. The van der Waals surface area contributed by atoms with Gasteiger partial charge < -0.3 is 0 Å². The number of hydrogen-bond donors (Lipinski definition) is 0. The zero-order valence-corrected chi connectivity index (χ0v) is 4.72. The summed E-state index contributed by atoms with van der Waals surface area (Å²) in [5.41, 5.74) is 0. The fraction of sp³-hybridized carbons (Fsp3) is 0.667. The van der Waals surface area contributed by atoms with Gasteiger partial charge in [-0.3, -0.25) is 4.90 Å². The Hall–Kier alpha value is -0.300. The van der Waals surface area contributed by atoms with Crippen LogP contribution in [0.15, 0.2) is 12.2 Å². The zero-order chi connectivity index (χ0) is 5.11. The van der Waals surface area contributed by atoms with Crippen molar-refractivity contribution in [3.05, 3.63) is 12.2 Å². The van der Waals surface area contributed by atoms with Crippen molar-refractivity contribution in [2.24, 2.45) is 0 Å². The Bertz CT molecular complexity index is 68.2. The Kier molecular flexibility index (Phi) is 1.47. The Morgan fingerprint density at radius 1 is 1.43 bits per heavy atom. The molecule has 1 nitrogen and oxygen atoms in total. The standard InChI is InChI=1S/C6H11N/c1-2-7-5-3-4-6-7/h3-4H,2,5-6H2,1H3. The summed E-state index contributed by atoms with van der Waals surface area (Å²) in [4.78, 5) is 2.38. The summed E-state index contributed by atoms with van der Waals surface area (Å²) in [6.45, 7) is 5.70. The molecule has 1 heterocycles. The lowest BCUT2D eigenvalue weighted by Crippen LogP contribution is -2.18. The van der Waals surface area contributed by atoms with Crippen LogP contribution in [0.4, 0.5) is 0 Å². The quantitative estimate of drug-likeness (QED) is 0.439. The first-order chi connectivity index (χ1) is 3.43. The molecular weight excluding hydrogens is 86.1 g/mol. The average Bonchev–Trinajstić information content (AvgIpc) is 2.14. The minimum absolute atomic E-state index is 1.16. The van der Waals surface area contributed by atoms with E-state index in [0.717, 1.165) is 13.1 Å². The molecule has 0 aromatic carbocycles. The average molecular weight is 97.2 g/mol. The van der Waals surface area contributed by atoms with Crippen LogP contribution in [0.3, 0.4) is 0 Å². The maximum Gasteiger partial charge on any atom is 0.0166 e. The second-order valence-corrected chi connectivity index (χ2v) is 1.82. The van der Waals surface area contributed by atoms with Crippen molar-refractivity contribution >= 4 is 0 Å². The molecule has 0 radical (unpaired) electrons. The highest BCUT2D eigenvalue weighted by Gasteiger charge is 1.99. The van der Waals surface area contributed by atoms with Crippen LogP contribution in [0.5, 0.6) is 0 Å². The Morgan fingerprint density at radius 3 is 2.29 bits per heavy atom. The van der Waals surface area contributed by atoms with Crippen LogP contribution >= 0.6 is 0 Å². The number of hydrogen-bond acceptors (Lipinski definition) is 1. The van der Waals surface area contributed by atoms with E-state index in [0.29, 0.717) is 0 Å². The third-order valence-electron chi connectivity index (χ3n) is 1.34. The molecule has 0 aromatic heterocycles. The van der Waals surface area contributed by atoms with Gasteiger partial charge in [0, 0.05) is 13.1 Å². The van der Waals surface area contributed by atoms with E-state index in [1.54, 1.807) is 0 Å². The predicted octanol–water partition coefficient (Wildman–Crippen LogP) is 0.878. The molecule has 1 rings (SSSR count). The number of likely N-dealkylation sites (N-methyl/N-ethyl adjacent to an activating group) is 1. The molecule has 0 unspecified atom stereocenters. The van der Waals surface area contributed by atoms with Crippen molar-refractivity contribution in [1.29, 1.82) is 0 Å². The minimum Gasteiger partial charge on any atom is -0.296 e. The van der Waals surface area contributed by atoms with Gasteiger partial charge in [-0.15, -0.1) is 0 Å². The molecule has 0 saturated carbocycles. The van der Waals surface area contributed by atoms with Gasteiger partial charge in [0.25, 0.3) is 0 Å². The van der Waals surface area contributed by atoms with Crippen LogP contribution in [-0.2, 0) is 0 Å². The van der Waals surface area contributed by atoms with Gasteiger partial charge in [0.1, 0.15) is 0 Å². The van der Waals surface area contributed by atoms with E-state index in [9.17, 15) is 0 Å². The molecule has 0 N–H and O–H groups in total. The molecule has 0 spiro atoms. The topological polar surface area (TPSA) is 3.24 Å². The van der Waals surface area contributed by atoms with Crippen LogP contribution in [0, 0.1) is 0 Å². The zero-order valence-electron chi connectivity index (χ0n) is 4.72. The largest absolute Gasteiger partial charge is 0.296 e. The molecule has 7 heavy (non-hydrogen) atoms. The summed E-state index contributed by atoms with van der Waals surface area (Å²) in [6.07, 6.45) is 4.42.